The number of hydrogen-bond donors (Lipinski definition) is 0. The number of carbonyl (C=O) groups excluding carboxylic acids is 1. The van der Waals surface area contributed by atoms with Crippen molar-refractivity contribution >= 4 is 5.78 Å². The monoisotopic (exact) mass is 247 g/mol. The lowest BCUT2D eigenvalue weighted by molar-refractivity contribution is 0.0916. The Morgan fingerprint density at radius 1 is 1.22 bits per heavy atom. The standard InChI is InChI=1S/C14H17NO3/c1-15(2)8-10-5-9-6-12-13(18-4-3-17-12)7-11(9)14(10)16/h6-7,10H,3-5,8H2,1-2H3. The molecule has 0 saturated carbocycles. The summed E-state index contributed by atoms with van der Waals surface area (Å²) in [4.78, 5) is 14.4. The van der Waals surface area contributed by atoms with Gasteiger partial charge in [-0.15, -0.1) is 0 Å². The SMILES string of the molecule is CN(C)CC1Cc2cc3c(cc2C1=O)OCCO3. The van der Waals surface area contributed by atoms with Crippen LogP contribution in [0.2, 0.25) is 0 Å². The Morgan fingerprint density at radius 2 is 1.89 bits per heavy atom. The number of ketones is 1. The highest BCUT2D eigenvalue weighted by atomic mass is 16.6. The minimum absolute atomic E-state index is 0.0684. The van der Waals surface area contributed by atoms with Gasteiger partial charge in [-0.25, -0.2) is 0 Å². The third-order valence-electron chi connectivity index (χ3n) is 3.46. The van der Waals surface area contributed by atoms with Gasteiger partial charge in [0.2, 0.25) is 0 Å². The van der Waals surface area contributed by atoms with Crippen LogP contribution < -0.4 is 9.47 Å². The zero-order chi connectivity index (χ0) is 12.7. The number of nitrogens with zero attached hydrogens (tertiary/aromatic N) is 1. The van der Waals surface area contributed by atoms with E-state index in [9.17, 15) is 4.79 Å². The summed E-state index contributed by atoms with van der Waals surface area (Å²) >= 11 is 0. The smallest absolute Gasteiger partial charge is 0.167 e. The Kier molecular flexibility index (Phi) is 2.74. The summed E-state index contributed by atoms with van der Waals surface area (Å²) in [6, 6.07) is 3.82. The summed E-state index contributed by atoms with van der Waals surface area (Å²) in [5, 5.41) is 0. The van der Waals surface area contributed by atoms with E-state index in [1.54, 1.807) is 0 Å². The van der Waals surface area contributed by atoms with E-state index >= 15 is 0 Å². The number of rotatable bonds is 2. The van der Waals surface area contributed by atoms with Crippen LogP contribution in [0.4, 0.5) is 0 Å². The van der Waals surface area contributed by atoms with Crippen LogP contribution in [0.5, 0.6) is 11.5 Å². The number of ether oxygens (including phenoxy) is 2. The molecule has 0 amide bonds. The van der Waals surface area contributed by atoms with Crippen molar-refractivity contribution in [1.29, 1.82) is 0 Å². The molecule has 96 valence electrons. The Labute approximate surface area is 106 Å². The first kappa shape index (κ1) is 11.5. The third kappa shape index (κ3) is 1.86. The van der Waals surface area contributed by atoms with E-state index in [0.717, 1.165) is 29.8 Å². The maximum absolute atomic E-state index is 12.3. The van der Waals surface area contributed by atoms with Crippen LogP contribution >= 0.6 is 0 Å². The van der Waals surface area contributed by atoms with Crippen molar-refractivity contribution in [3.8, 4) is 11.5 Å². The molecule has 1 aromatic carbocycles. The van der Waals surface area contributed by atoms with Gasteiger partial charge >= 0.3 is 0 Å². The summed E-state index contributed by atoms with van der Waals surface area (Å²) in [6.45, 7) is 1.93. The van der Waals surface area contributed by atoms with Crippen molar-refractivity contribution in [2.24, 2.45) is 5.92 Å². The molecule has 1 aliphatic heterocycles. The van der Waals surface area contributed by atoms with Gasteiger partial charge in [0.25, 0.3) is 0 Å². The zero-order valence-electron chi connectivity index (χ0n) is 10.7. The van der Waals surface area contributed by atoms with Gasteiger partial charge in [-0.1, -0.05) is 0 Å². The average molecular weight is 247 g/mol. The molecule has 0 N–H and O–H groups in total. The second kappa shape index (κ2) is 4.28. The molecular formula is C14H17NO3. The maximum Gasteiger partial charge on any atom is 0.167 e. The molecular weight excluding hydrogens is 230 g/mol. The Morgan fingerprint density at radius 3 is 2.56 bits per heavy atom. The van der Waals surface area contributed by atoms with Gasteiger partial charge in [0, 0.05) is 18.0 Å². The summed E-state index contributed by atoms with van der Waals surface area (Å²) in [6.07, 6.45) is 0.809. The highest BCUT2D eigenvalue weighted by Gasteiger charge is 2.32. The third-order valence-corrected chi connectivity index (χ3v) is 3.46. The lowest BCUT2D eigenvalue weighted by Crippen LogP contribution is -2.25. The van der Waals surface area contributed by atoms with E-state index in [-0.39, 0.29) is 11.7 Å². The fraction of sp³-hybridized carbons (Fsp3) is 0.500. The molecule has 0 bridgehead atoms. The molecule has 0 saturated heterocycles. The molecule has 4 heteroatoms. The molecule has 0 radical (unpaired) electrons. The molecule has 1 aliphatic carbocycles. The maximum atomic E-state index is 12.3. The Hall–Kier alpha value is -1.55. The van der Waals surface area contributed by atoms with Gasteiger partial charge < -0.3 is 14.4 Å². The number of carbonyl (C=O) groups is 1. The topological polar surface area (TPSA) is 38.8 Å². The van der Waals surface area contributed by atoms with Crippen LogP contribution in [0.25, 0.3) is 0 Å². The van der Waals surface area contributed by atoms with Gasteiger partial charge in [-0.05, 0) is 38.2 Å². The lowest BCUT2D eigenvalue weighted by atomic mass is 10.1. The second-order valence-corrected chi connectivity index (χ2v) is 5.18. The molecule has 18 heavy (non-hydrogen) atoms. The minimum atomic E-state index is 0.0684. The van der Waals surface area contributed by atoms with Gasteiger partial charge in [0.15, 0.2) is 17.3 Å². The predicted molar refractivity (Wildman–Crippen MR) is 67.5 cm³/mol. The van der Waals surface area contributed by atoms with Crippen LogP contribution in [-0.2, 0) is 6.42 Å². The van der Waals surface area contributed by atoms with Crippen molar-refractivity contribution in [1.82, 2.24) is 4.90 Å². The van der Waals surface area contributed by atoms with E-state index in [1.807, 2.05) is 26.2 Å². The molecule has 4 nitrogen and oxygen atoms in total. The van der Waals surface area contributed by atoms with E-state index in [1.165, 1.54) is 0 Å². The molecule has 1 atom stereocenters. The minimum Gasteiger partial charge on any atom is -0.486 e. The first-order valence-corrected chi connectivity index (χ1v) is 6.26. The van der Waals surface area contributed by atoms with Crippen LogP contribution in [0.3, 0.4) is 0 Å². The number of fused-ring (bicyclic) bond motifs is 2. The highest BCUT2D eigenvalue weighted by molar-refractivity contribution is 6.03. The largest absolute Gasteiger partial charge is 0.486 e. The van der Waals surface area contributed by atoms with Crippen LogP contribution in [0, 0.1) is 5.92 Å². The highest BCUT2D eigenvalue weighted by Crippen LogP contribution is 2.38. The molecule has 0 aromatic heterocycles. The number of hydrogen-bond acceptors (Lipinski definition) is 4. The van der Waals surface area contributed by atoms with Crippen LogP contribution in [0.15, 0.2) is 12.1 Å². The number of Topliss-reactive ketones (excluding diaryl/α,β-unsaturated/α-hetero) is 1. The van der Waals surface area contributed by atoms with Gasteiger partial charge in [0.1, 0.15) is 13.2 Å². The van der Waals surface area contributed by atoms with Gasteiger partial charge in [-0.3, -0.25) is 4.79 Å². The Bertz CT molecular complexity index is 496. The normalized spacial score (nSPS) is 21.3. The predicted octanol–water partition coefficient (Wildman–Crippen LogP) is 1.37. The summed E-state index contributed by atoms with van der Waals surface area (Å²) in [5.41, 5.74) is 1.90. The fourth-order valence-corrected chi connectivity index (χ4v) is 2.70. The van der Waals surface area contributed by atoms with Crippen molar-refractivity contribution in [2.45, 2.75) is 6.42 Å². The molecule has 1 aromatic rings. The quantitative estimate of drug-likeness (QED) is 0.791. The second-order valence-electron chi connectivity index (χ2n) is 5.18. The summed E-state index contributed by atoms with van der Waals surface area (Å²) < 4.78 is 11.1. The molecule has 2 aliphatic rings. The first-order valence-electron chi connectivity index (χ1n) is 6.26. The van der Waals surface area contributed by atoms with Gasteiger partial charge in [-0.2, -0.15) is 0 Å². The molecule has 1 heterocycles. The summed E-state index contributed by atoms with van der Waals surface area (Å²) in [5.74, 6) is 1.78. The zero-order valence-corrected chi connectivity index (χ0v) is 10.7. The van der Waals surface area contributed by atoms with E-state index in [2.05, 4.69) is 4.90 Å². The lowest BCUT2D eigenvalue weighted by Gasteiger charge is -2.19. The van der Waals surface area contributed by atoms with Crippen molar-refractivity contribution in [3.05, 3.63) is 23.3 Å². The van der Waals surface area contributed by atoms with Crippen molar-refractivity contribution in [3.63, 3.8) is 0 Å². The molecule has 3 rings (SSSR count). The molecule has 0 spiro atoms. The summed E-state index contributed by atoms with van der Waals surface area (Å²) in [7, 11) is 3.99. The average Bonchev–Trinajstić information content (AvgIpc) is 2.63. The number of benzene rings is 1. The van der Waals surface area contributed by atoms with Crippen molar-refractivity contribution in [2.75, 3.05) is 33.9 Å². The Balaban J connectivity index is 1.92. The first-order chi connectivity index (χ1) is 8.65. The van der Waals surface area contributed by atoms with E-state index in [0.29, 0.717) is 19.0 Å². The van der Waals surface area contributed by atoms with Crippen LogP contribution in [-0.4, -0.2) is 44.5 Å². The molecule has 0 fully saturated rings. The van der Waals surface area contributed by atoms with Gasteiger partial charge in [0.05, 0.1) is 0 Å². The van der Waals surface area contributed by atoms with E-state index < -0.39 is 0 Å². The van der Waals surface area contributed by atoms with Crippen LogP contribution in [0.1, 0.15) is 15.9 Å². The molecule has 1 unspecified atom stereocenters. The van der Waals surface area contributed by atoms with E-state index in [4.69, 9.17) is 9.47 Å². The van der Waals surface area contributed by atoms with Crippen molar-refractivity contribution < 1.29 is 14.3 Å². The fourth-order valence-electron chi connectivity index (χ4n) is 2.70.